The summed E-state index contributed by atoms with van der Waals surface area (Å²) in [5, 5.41) is 4.62. The van der Waals surface area contributed by atoms with Gasteiger partial charge in [0.15, 0.2) is 0 Å². The van der Waals surface area contributed by atoms with Crippen LogP contribution in [0.2, 0.25) is 5.02 Å². The number of carbonyl (C=O) groups is 1. The SMILES string of the molecule is O=C(C1=NNCC1)N1CCC(c2cc(F)ccc2Cl)CC1. The molecule has 2 aliphatic rings. The molecule has 0 bridgehead atoms. The molecule has 1 saturated heterocycles. The van der Waals surface area contributed by atoms with Crippen molar-refractivity contribution in [2.75, 3.05) is 19.6 Å². The standard InChI is InChI=1S/C15H17ClFN3O/c16-13-2-1-11(17)9-12(13)10-4-7-20(8-5-10)15(21)14-3-6-18-19-14/h1-2,9-10,18H,3-8H2. The molecule has 6 heteroatoms. The van der Waals surface area contributed by atoms with Gasteiger partial charge in [0.2, 0.25) is 0 Å². The molecule has 0 aromatic heterocycles. The molecule has 1 amide bonds. The van der Waals surface area contributed by atoms with E-state index in [1.807, 2.05) is 4.90 Å². The Labute approximate surface area is 128 Å². The van der Waals surface area contributed by atoms with Crippen molar-refractivity contribution >= 4 is 23.2 Å². The van der Waals surface area contributed by atoms with E-state index in [0.717, 1.165) is 24.9 Å². The van der Waals surface area contributed by atoms with Crippen LogP contribution < -0.4 is 5.43 Å². The van der Waals surface area contributed by atoms with Crippen LogP contribution >= 0.6 is 11.6 Å². The Morgan fingerprint density at radius 1 is 1.38 bits per heavy atom. The van der Waals surface area contributed by atoms with Gasteiger partial charge in [-0.3, -0.25) is 4.79 Å². The Bertz CT molecular complexity index is 582. The van der Waals surface area contributed by atoms with Crippen LogP contribution in [0, 0.1) is 5.82 Å². The third kappa shape index (κ3) is 3.02. The summed E-state index contributed by atoms with van der Waals surface area (Å²) in [5.74, 6) is -0.0380. The van der Waals surface area contributed by atoms with Crippen LogP contribution in [0.15, 0.2) is 23.3 Å². The minimum absolute atomic E-state index is 0.0174. The number of amides is 1. The van der Waals surface area contributed by atoms with E-state index in [1.165, 1.54) is 12.1 Å². The van der Waals surface area contributed by atoms with Gasteiger partial charge in [-0.15, -0.1) is 0 Å². The van der Waals surface area contributed by atoms with Gasteiger partial charge < -0.3 is 10.3 Å². The minimum Gasteiger partial charge on any atom is -0.338 e. The molecule has 4 nitrogen and oxygen atoms in total. The number of nitrogens with zero attached hydrogens (tertiary/aromatic N) is 2. The zero-order chi connectivity index (χ0) is 14.8. The van der Waals surface area contributed by atoms with Crippen molar-refractivity contribution in [3.8, 4) is 0 Å². The third-order valence-corrected chi connectivity index (χ3v) is 4.46. The number of nitrogens with one attached hydrogen (secondary N) is 1. The highest BCUT2D eigenvalue weighted by Crippen LogP contribution is 2.33. The van der Waals surface area contributed by atoms with Crippen molar-refractivity contribution < 1.29 is 9.18 Å². The van der Waals surface area contributed by atoms with Gasteiger partial charge in [0.05, 0.1) is 0 Å². The first-order valence-electron chi connectivity index (χ1n) is 7.19. The first-order valence-corrected chi connectivity index (χ1v) is 7.56. The number of hydrazone groups is 1. The second-order valence-corrected chi connectivity index (χ2v) is 5.86. The van der Waals surface area contributed by atoms with E-state index in [2.05, 4.69) is 10.5 Å². The largest absolute Gasteiger partial charge is 0.338 e. The molecule has 112 valence electrons. The molecular weight excluding hydrogens is 293 g/mol. The molecule has 0 radical (unpaired) electrons. The Morgan fingerprint density at radius 2 is 2.14 bits per heavy atom. The zero-order valence-corrected chi connectivity index (χ0v) is 12.4. The fraction of sp³-hybridized carbons (Fsp3) is 0.467. The van der Waals surface area contributed by atoms with Crippen LogP contribution in [0.1, 0.15) is 30.7 Å². The average Bonchev–Trinajstić information content (AvgIpc) is 3.03. The highest BCUT2D eigenvalue weighted by molar-refractivity contribution is 6.39. The fourth-order valence-electron chi connectivity index (χ4n) is 2.94. The Kier molecular flexibility index (Phi) is 4.10. The number of carbonyl (C=O) groups excluding carboxylic acids is 1. The predicted octanol–water partition coefficient (Wildman–Crippen LogP) is 2.53. The van der Waals surface area contributed by atoms with Crippen molar-refractivity contribution in [1.29, 1.82) is 0 Å². The lowest BCUT2D eigenvalue weighted by Crippen LogP contribution is -2.41. The van der Waals surface area contributed by atoms with E-state index in [9.17, 15) is 9.18 Å². The molecule has 2 aliphatic heterocycles. The lowest BCUT2D eigenvalue weighted by Gasteiger charge is -2.32. The van der Waals surface area contributed by atoms with Crippen LogP contribution in [-0.2, 0) is 4.79 Å². The van der Waals surface area contributed by atoms with Crippen LogP contribution in [0.3, 0.4) is 0 Å². The minimum atomic E-state index is -0.265. The summed E-state index contributed by atoms with van der Waals surface area (Å²) in [4.78, 5) is 14.1. The van der Waals surface area contributed by atoms with Gasteiger partial charge in [-0.25, -0.2) is 4.39 Å². The van der Waals surface area contributed by atoms with Crippen LogP contribution in [0.4, 0.5) is 4.39 Å². The number of likely N-dealkylation sites (tertiary alicyclic amines) is 1. The lowest BCUT2D eigenvalue weighted by atomic mass is 9.89. The normalized spacial score (nSPS) is 19.3. The molecule has 3 rings (SSSR count). The quantitative estimate of drug-likeness (QED) is 0.912. The number of benzene rings is 1. The van der Waals surface area contributed by atoms with Crippen LogP contribution in [0.5, 0.6) is 0 Å². The van der Waals surface area contributed by atoms with E-state index >= 15 is 0 Å². The maximum Gasteiger partial charge on any atom is 0.270 e. The maximum absolute atomic E-state index is 13.4. The number of halogens is 2. The molecule has 1 aromatic carbocycles. The van der Waals surface area contributed by atoms with Gasteiger partial charge in [-0.05, 0) is 42.5 Å². The summed E-state index contributed by atoms with van der Waals surface area (Å²) < 4.78 is 13.4. The Hall–Kier alpha value is -1.62. The van der Waals surface area contributed by atoms with E-state index in [0.29, 0.717) is 30.2 Å². The van der Waals surface area contributed by atoms with E-state index < -0.39 is 0 Å². The first kappa shape index (κ1) is 14.3. The highest BCUT2D eigenvalue weighted by Gasteiger charge is 2.28. The van der Waals surface area contributed by atoms with Gasteiger partial charge in [-0.2, -0.15) is 5.10 Å². The highest BCUT2D eigenvalue weighted by atomic mass is 35.5. The molecule has 21 heavy (non-hydrogen) atoms. The van der Waals surface area contributed by atoms with Crippen LogP contribution in [0.25, 0.3) is 0 Å². The molecule has 0 aliphatic carbocycles. The van der Waals surface area contributed by atoms with E-state index in [4.69, 9.17) is 11.6 Å². The second-order valence-electron chi connectivity index (χ2n) is 5.45. The smallest absolute Gasteiger partial charge is 0.270 e. The summed E-state index contributed by atoms with van der Waals surface area (Å²) in [5.41, 5.74) is 4.28. The van der Waals surface area contributed by atoms with Gasteiger partial charge >= 0.3 is 0 Å². The third-order valence-electron chi connectivity index (χ3n) is 4.11. The molecule has 1 N–H and O–H groups in total. The van der Waals surface area contributed by atoms with Gasteiger partial charge in [0.1, 0.15) is 11.5 Å². The molecule has 1 fully saturated rings. The molecule has 2 heterocycles. The number of hydrogen-bond acceptors (Lipinski definition) is 3. The summed E-state index contributed by atoms with van der Waals surface area (Å²) in [6.07, 6.45) is 2.29. The summed E-state index contributed by atoms with van der Waals surface area (Å²) in [6.45, 7) is 2.06. The molecule has 0 saturated carbocycles. The first-order chi connectivity index (χ1) is 10.1. The van der Waals surface area contributed by atoms with Crippen molar-refractivity contribution in [3.05, 3.63) is 34.6 Å². The summed E-state index contributed by atoms with van der Waals surface area (Å²) in [6, 6.07) is 4.48. The topological polar surface area (TPSA) is 44.7 Å². The van der Waals surface area contributed by atoms with Crippen LogP contribution in [-0.4, -0.2) is 36.2 Å². The lowest BCUT2D eigenvalue weighted by molar-refractivity contribution is -0.125. The second kappa shape index (κ2) is 6.02. The zero-order valence-electron chi connectivity index (χ0n) is 11.6. The average molecular weight is 310 g/mol. The van der Waals surface area contributed by atoms with Gasteiger partial charge in [-0.1, -0.05) is 11.6 Å². The Morgan fingerprint density at radius 3 is 2.81 bits per heavy atom. The predicted molar refractivity (Wildman–Crippen MR) is 80.0 cm³/mol. The van der Waals surface area contributed by atoms with E-state index in [-0.39, 0.29) is 17.6 Å². The molecule has 0 spiro atoms. The fourth-order valence-corrected chi connectivity index (χ4v) is 3.21. The molecular formula is C15H17ClFN3O. The molecule has 1 aromatic rings. The maximum atomic E-state index is 13.4. The van der Waals surface area contributed by atoms with Gasteiger partial charge in [0.25, 0.3) is 5.91 Å². The summed E-state index contributed by atoms with van der Waals surface area (Å²) >= 11 is 6.16. The van der Waals surface area contributed by atoms with Crippen molar-refractivity contribution in [1.82, 2.24) is 10.3 Å². The number of hydrogen-bond donors (Lipinski definition) is 1. The monoisotopic (exact) mass is 309 g/mol. The number of piperidine rings is 1. The van der Waals surface area contributed by atoms with Crippen molar-refractivity contribution in [2.45, 2.75) is 25.2 Å². The molecule has 0 unspecified atom stereocenters. The number of rotatable bonds is 2. The van der Waals surface area contributed by atoms with Crippen molar-refractivity contribution in [3.63, 3.8) is 0 Å². The molecule has 0 atom stereocenters. The summed E-state index contributed by atoms with van der Waals surface area (Å²) in [7, 11) is 0. The Balaban J connectivity index is 1.65. The van der Waals surface area contributed by atoms with Crippen molar-refractivity contribution in [2.24, 2.45) is 5.10 Å². The van der Waals surface area contributed by atoms with E-state index in [1.54, 1.807) is 6.07 Å². The van der Waals surface area contributed by atoms with Gasteiger partial charge in [0, 0.05) is 31.1 Å².